The van der Waals surface area contributed by atoms with Gasteiger partial charge in [0.1, 0.15) is 11.6 Å². The topological polar surface area (TPSA) is 37.8 Å². The molecule has 22 heavy (non-hydrogen) atoms. The number of rotatable bonds is 4. The lowest BCUT2D eigenvalue weighted by Gasteiger charge is -2.09. The average Bonchev–Trinajstić information content (AvgIpc) is 2.55. The third-order valence-electron chi connectivity index (χ3n) is 3.16. The summed E-state index contributed by atoms with van der Waals surface area (Å²) in [6.07, 6.45) is 3.39. The van der Waals surface area contributed by atoms with Gasteiger partial charge in [-0.05, 0) is 42.0 Å². The van der Waals surface area contributed by atoms with Crippen molar-refractivity contribution in [2.24, 2.45) is 0 Å². The van der Waals surface area contributed by atoms with E-state index in [0.29, 0.717) is 23.1 Å². The van der Waals surface area contributed by atoms with Gasteiger partial charge < -0.3 is 5.32 Å². The maximum atomic E-state index is 13.2. The Bertz CT molecular complexity index is 778. The minimum absolute atomic E-state index is 0.249. The van der Waals surface area contributed by atoms with E-state index in [4.69, 9.17) is 11.6 Å². The molecular formula is C17H13ClFN3. The Labute approximate surface area is 132 Å². The number of nitrogens with one attached hydrogen (secondary N) is 1. The van der Waals surface area contributed by atoms with Crippen molar-refractivity contribution in [1.82, 2.24) is 9.97 Å². The molecule has 0 saturated heterocycles. The summed E-state index contributed by atoms with van der Waals surface area (Å²) in [5, 5.41) is 3.75. The molecule has 3 rings (SSSR count). The molecular weight excluding hydrogens is 301 g/mol. The number of anilines is 1. The maximum absolute atomic E-state index is 13.2. The van der Waals surface area contributed by atoms with Crippen molar-refractivity contribution in [3.63, 3.8) is 0 Å². The Hall–Kier alpha value is -2.46. The molecule has 0 amide bonds. The monoisotopic (exact) mass is 313 g/mol. The number of aromatic nitrogens is 2. The standard InChI is InChI=1S/C17H13ClFN3/c18-15-4-5-16(21-11-12-2-1-3-14(19)10-12)22-17(15)13-6-8-20-9-7-13/h1-10H,11H2,(H,21,22). The number of pyridine rings is 2. The van der Waals surface area contributed by atoms with Crippen molar-refractivity contribution in [2.75, 3.05) is 5.32 Å². The summed E-state index contributed by atoms with van der Waals surface area (Å²) in [4.78, 5) is 8.50. The van der Waals surface area contributed by atoms with Crippen LogP contribution in [0.4, 0.5) is 10.2 Å². The normalized spacial score (nSPS) is 10.5. The summed E-state index contributed by atoms with van der Waals surface area (Å²) in [6.45, 7) is 0.488. The van der Waals surface area contributed by atoms with E-state index in [1.54, 1.807) is 30.6 Å². The summed E-state index contributed by atoms with van der Waals surface area (Å²) in [6, 6.07) is 13.7. The quantitative estimate of drug-likeness (QED) is 0.768. The van der Waals surface area contributed by atoms with Gasteiger partial charge in [0.25, 0.3) is 0 Å². The molecule has 0 aliphatic rings. The molecule has 1 N–H and O–H groups in total. The molecule has 0 radical (unpaired) electrons. The highest BCUT2D eigenvalue weighted by Gasteiger charge is 2.06. The van der Waals surface area contributed by atoms with E-state index >= 15 is 0 Å². The minimum Gasteiger partial charge on any atom is -0.366 e. The van der Waals surface area contributed by atoms with Crippen LogP contribution in [-0.2, 0) is 6.54 Å². The molecule has 0 aliphatic carbocycles. The molecule has 1 aromatic carbocycles. The highest BCUT2D eigenvalue weighted by atomic mass is 35.5. The van der Waals surface area contributed by atoms with Gasteiger partial charge in [-0.2, -0.15) is 0 Å². The summed E-state index contributed by atoms with van der Waals surface area (Å²) in [5.74, 6) is 0.432. The van der Waals surface area contributed by atoms with Gasteiger partial charge >= 0.3 is 0 Å². The van der Waals surface area contributed by atoms with E-state index in [2.05, 4.69) is 15.3 Å². The van der Waals surface area contributed by atoms with Crippen LogP contribution in [0.5, 0.6) is 0 Å². The van der Waals surface area contributed by atoms with Gasteiger partial charge in [-0.3, -0.25) is 4.98 Å². The van der Waals surface area contributed by atoms with Crippen LogP contribution in [0.25, 0.3) is 11.3 Å². The average molecular weight is 314 g/mol. The van der Waals surface area contributed by atoms with Crippen LogP contribution >= 0.6 is 11.6 Å². The van der Waals surface area contributed by atoms with Gasteiger partial charge in [0.2, 0.25) is 0 Å². The molecule has 2 heterocycles. The second-order valence-corrected chi connectivity index (χ2v) is 5.15. The van der Waals surface area contributed by atoms with Gasteiger partial charge in [-0.15, -0.1) is 0 Å². The van der Waals surface area contributed by atoms with Crippen LogP contribution in [0.15, 0.2) is 60.9 Å². The maximum Gasteiger partial charge on any atom is 0.127 e. The number of hydrogen-bond acceptors (Lipinski definition) is 3. The highest BCUT2D eigenvalue weighted by molar-refractivity contribution is 6.33. The summed E-state index contributed by atoms with van der Waals surface area (Å²) >= 11 is 6.21. The van der Waals surface area contributed by atoms with Crippen molar-refractivity contribution >= 4 is 17.4 Å². The molecule has 3 aromatic rings. The Morgan fingerprint density at radius 3 is 2.64 bits per heavy atom. The van der Waals surface area contributed by atoms with Gasteiger partial charge in [0.05, 0.1) is 10.7 Å². The van der Waals surface area contributed by atoms with Crippen molar-refractivity contribution in [1.29, 1.82) is 0 Å². The fraction of sp³-hybridized carbons (Fsp3) is 0.0588. The lowest BCUT2D eigenvalue weighted by Crippen LogP contribution is -2.02. The lowest BCUT2D eigenvalue weighted by molar-refractivity contribution is 0.626. The Morgan fingerprint density at radius 2 is 1.86 bits per heavy atom. The molecule has 0 unspecified atom stereocenters. The van der Waals surface area contributed by atoms with Crippen LogP contribution in [0, 0.1) is 5.82 Å². The highest BCUT2D eigenvalue weighted by Crippen LogP contribution is 2.27. The molecule has 0 spiro atoms. The van der Waals surface area contributed by atoms with E-state index in [-0.39, 0.29) is 5.82 Å². The molecule has 0 bridgehead atoms. The number of benzene rings is 1. The molecule has 0 atom stereocenters. The Morgan fingerprint density at radius 1 is 1.05 bits per heavy atom. The lowest BCUT2D eigenvalue weighted by atomic mass is 10.2. The summed E-state index contributed by atoms with van der Waals surface area (Å²) in [7, 11) is 0. The zero-order chi connectivity index (χ0) is 15.4. The van der Waals surface area contributed by atoms with Crippen molar-refractivity contribution in [3.8, 4) is 11.3 Å². The van der Waals surface area contributed by atoms with E-state index in [0.717, 1.165) is 11.1 Å². The predicted molar refractivity (Wildman–Crippen MR) is 86.2 cm³/mol. The van der Waals surface area contributed by atoms with E-state index in [1.165, 1.54) is 12.1 Å². The number of hydrogen-bond donors (Lipinski definition) is 1. The fourth-order valence-corrected chi connectivity index (χ4v) is 2.31. The minimum atomic E-state index is -0.249. The zero-order valence-corrected chi connectivity index (χ0v) is 12.4. The summed E-state index contributed by atoms with van der Waals surface area (Å²) < 4.78 is 13.2. The number of nitrogens with zero attached hydrogens (tertiary/aromatic N) is 2. The van der Waals surface area contributed by atoms with Crippen LogP contribution < -0.4 is 5.32 Å². The second-order valence-electron chi connectivity index (χ2n) is 4.75. The van der Waals surface area contributed by atoms with Crippen LogP contribution in [0.2, 0.25) is 5.02 Å². The molecule has 5 heteroatoms. The van der Waals surface area contributed by atoms with E-state index in [9.17, 15) is 4.39 Å². The largest absolute Gasteiger partial charge is 0.366 e. The predicted octanol–water partition coefficient (Wildman–Crippen LogP) is 4.55. The molecule has 0 fully saturated rings. The first-order chi connectivity index (χ1) is 10.7. The first-order valence-electron chi connectivity index (χ1n) is 6.77. The zero-order valence-electron chi connectivity index (χ0n) is 11.6. The molecule has 0 saturated carbocycles. The Kier molecular flexibility index (Phi) is 4.30. The smallest absolute Gasteiger partial charge is 0.127 e. The molecule has 2 aromatic heterocycles. The molecule has 3 nitrogen and oxygen atoms in total. The number of halogens is 2. The first-order valence-corrected chi connectivity index (χ1v) is 7.15. The molecule has 110 valence electrons. The third-order valence-corrected chi connectivity index (χ3v) is 3.47. The molecule has 0 aliphatic heterocycles. The van der Waals surface area contributed by atoms with Gasteiger partial charge in [0.15, 0.2) is 0 Å². The fourth-order valence-electron chi connectivity index (χ4n) is 2.09. The second kappa shape index (κ2) is 6.54. The van der Waals surface area contributed by atoms with E-state index in [1.807, 2.05) is 18.2 Å². The van der Waals surface area contributed by atoms with E-state index < -0.39 is 0 Å². The van der Waals surface area contributed by atoms with Gasteiger partial charge in [-0.1, -0.05) is 23.7 Å². The van der Waals surface area contributed by atoms with Gasteiger partial charge in [0, 0.05) is 24.5 Å². The van der Waals surface area contributed by atoms with Gasteiger partial charge in [-0.25, -0.2) is 9.37 Å². The van der Waals surface area contributed by atoms with Crippen molar-refractivity contribution < 1.29 is 4.39 Å². The van der Waals surface area contributed by atoms with Crippen LogP contribution in [0.1, 0.15) is 5.56 Å². The van der Waals surface area contributed by atoms with Crippen molar-refractivity contribution in [2.45, 2.75) is 6.54 Å². The summed E-state index contributed by atoms with van der Waals surface area (Å²) in [5.41, 5.74) is 2.44. The third kappa shape index (κ3) is 3.40. The van der Waals surface area contributed by atoms with Crippen LogP contribution in [0.3, 0.4) is 0 Å². The SMILES string of the molecule is Fc1cccc(CNc2ccc(Cl)c(-c3ccncc3)n2)c1. The Balaban J connectivity index is 1.81. The van der Waals surface area contributed by atoms with Crippen LogP contribution in [-0.4, -0.2) is 9.97 Å². The van der Waals surface area contributed by atoms with Crippen molar-refractivity contribution in [3.05, 3.63) is 77.3 Å². The first kappa shape index (κ1) is 14.5.